The first kappa shape index (κ1) is 18.8. The lowest BCUT2D eigenvalue weighted by atomic mass is 10.1. The van der Waals surface area contributed by atoms with Gasteiger partial charge in [-0.1, -0.05) is 47.6 Å². The lowest BCUT2D eigenvalue weighted by Gasteiger charge is -2.06. The molecule has 0 aromatic heterocycles. The molecule has 138 valence electrons. The molecule has 3 aromatic carbocycles. The molecular formula is C21H19NO4S. The summed E-state index contributed by atoms with van der Waals surface area (Å²) in [6.45, 7) is -0.231. The van der Waals surface area contributed by atoms with Crippen LogP contribution in [0.3, 0.4) is 0 Å². The molecule has 0 saturated heterocycles. The summed E-state index contributed by atoms with van der Waals surface area (Å²) in [4.78, 5) is 16.7. The molecule has 0 fully saturated rings. The quantitative estimate of drug-likeness (QED) is 0.218. The Hall–Kier alpha value is -2.99. The number of methoxy groups -OCH3 is 1. The number of nitrogens with zero attached hydrogens (tertiary/aromatic N) is 1. The SMILES string of the molecule is COc1ccc(C/C(S)=N/OC(=O)COc2ccc3ccccc3c2)cc1. The Kier molecular flexibility index (Phi) is 6.33. The minimum Gasteiger partial charge on any atom is -0.497 e. The maximum Gasteiger partial charge on any atom is 0.372 e. The Labute approximate surface area is 163 Å². The van der Waals surface area contributed by atoms with Gasteiger partial charge in [0, 0.05) is 6.42 Å². The van der Waals surface area contributed by atoms with Gasteiger partial charge in [0.25, 0.3) is 0 Å². The van der Waals surface area contributed by atoms with Gasteiger partial charge in [0.05, 0.1) is 7.11 Å². The number of thiol groups is 1. The second kappa shape index (κ2) is 9.09. The zero-order chi connectivity index (χ0) is 19.1. The molecule has 5 nitrogen and oxygen atoms in total. The molecule has 0 saturated carbocycles. The van der Waals surface area contributed by atoms with Crippen molar-refractivity contribution in [2.75, 3.05) is 13.7 Å². The molecule has 0 atom stereocenters. The smallest absolute Gasteiger partial charge is 0.372 e. The van der Waals surface area contributed by atoms with Crippen molar-refractivity contribution in [1.82, 2.24) is 0 Å². The number of carbonyl (C=O) groups is 1. The predicted molar refractivity (Wildman–Crippen MR) is 109 cm³/mol. The molecule has 0 bridgehead atoms. The summed E-state index contributed by atoms with van der Waals surface area (Å²) >= 11 is 4.24. The fourth-order valence-electron chi connectivity index (χ4n) is 2.49. The maximum atomic E-state index is 11.8. The van der Waals surface area contributed by atoms with Crippen LogP contribution in [0.1, 0.15) is 5.56 Å². The van der Waals surface area contributed by atoms with Crippen LogP contribution in [-0.4, -0.2) is 24.7 Å². The minimum absolute atomic E-state index is 0.231. The Morgan fingerprint density at radius 1 is 0.963 bits per heavy atom. The average Bonchev–Trinajstić information content (AvgIpc) is 2.71. The van der Waals surface area contributed by atoms with Crippen LogP contribution >= 0.6 is 12.6 Å². The van der Waals surface area contributed by atoms with Gasteiger partial charge >= 0.3 is 5.97 Å². The lowest BCUT2D eigenvalue weighted by Crippen LogP contribution is -2.13. The number of carbonyl (C=O) groups excluding carboxylic acids is 1. The summed E-state index contributed by atoms with van der Waals surface area (Å²) in [5.41, 5.74) is 0.980. The van der Waals surface area contributed by atoms with Gasteiger partial charge in [-0.05, 0) is 40.6 Å². The first-order chi connectivity index (χ1) is 13.1. The third-order valence-electron chi connectivity index (χ3n) is 3.85. The second-order valence-electron chi connectivity index (χ2n) is 5.79. The van der Waals surface area contributed by atoms with Crippen LogP contribution < -0.4 is 9.47 Å². The van der Waals surface area contributed by atoms with Crippen molar-refractivity contribution < 1.29 is 19.1 Å². The first-order valence-corrected chi connectivity index (χ1v) is 8.79. The summed E-state index contributed by atoms with van der Waals surface area (Å²) in [7, 11) is 1.61. The van der Waals surface area contributed by atoms with E-state index in [1.807, 2.05) is 66.7 Å². The number of ether oxygens (including phenoxy) is 2. The molecule has 3 aromatic rings. The minimum atomic E-state index is -0.593. The van der Waals surface area contributed by atoms with Gasteiger partial charge < -0.3 is 14.3 Å². The van der Waals surface area contributed by atoms with E-state index < -0.39 is 5.97 Å². The molecule has 6 heteroatoms. The van der Waals surface area contributed by atoms with E-state index in [2.05, 4.69) is 17.8 Å². The third-order valence-corrected chi connectivity index (χ3v) is 4.09. The van der Waals surface area contributed by atoms with Crippen molar-refractivity contribution in [2.45, 2.75) is 6.42 Å². The normalized spacial score (nSPS) is 11.3. The maximum absolute atomic E-state index is 11.8. The fraction of sp³-hybridized carbons (Fsp3) is 0.143. The topological polar surface area (TPSA) is 57.1 Å². The van der Waals surface area contributed by atoms with Crippen molar-refractivity contribution in [2.24, 2.45) is 5.16 Å². The molecule has 0 aliphatic rings. The summed E-state index contributed by atoms with van der Waals surface area (Å²) in [6.07, 6.45) is 0.450. The van der Waals surface area contributed by atoms with E-state index in [1.54, 1.807) is 7.11 Å². The van der Waals surface area contributed by atoms with Crippen molar-refractivity contribution in [3.8, 4) is 11.5 Å². The number of hydrogen-bond donors (Lipinski definition) is 1. The van der Waals surface area contributed by atoms with E-state index in [9.17, 15) is 4.79 Å². The van der Waals surface area contributed by atoms with E-state index in [0.29, 0.717) is 17.2 Å². The van der Waals surface area contributed by atoms with E-state index in [4.69, 9.17) is 14.3 Å². The van der Waals surface area contributed by atoms with E-state index in [1.165, 1.54) is 0 Å². The molecule has 0 radical (unpaired) electrons. The van der Waals surface area contributed by atoms with Gasteiger partial charge in [0.15, 0.2) is 6.61 Å². The molecule has 0 spiro atoms. The Morgan fingerprint density at radius 3 is 2.41 bits per heavy atom. The van der Waals surface area contributed by atoms with E-state index >= 15 is 0 Å². The lowest BCUT2D eigenvalue weighted by molar-refractivity contribution is -0.145. The first-order valence-electron chi connectivity index (χ1n) is 8.34. The highest BCUT2D eigenvalue weighted by Crippen LogP contribution is 2.20. The highest BCUT2D eigenvalue weighted by molar-refractivity contribution is 7.97. The number of hydrogen-bond acceptors (Lipinski definition) is 5. The zero-order valence-electron chi connectivity index (χ0n) is 14.8. The van der Waals surface area contributed by atoms with Crippen LogP contribution in [0.4, 0.5) is 0 Å². The number of benzene rings is 3. The zero-order valence-corrected chi connectivity index (χ0v) is 15.7. The second-order valence-corrected chi connectivity index (χ2v) is 6.31. The Morgan fingerprint density at radius 2 is 1.67 bits per heavy atom. The standard InChI is InChI=1S/C21H19NO4S/c1-24-18-9-6-15(7-10-18)12-20(27)22-26-21(23)14-25-19-11-8-16-4-2-3-5-17(16)13-19/h2-11,13H,12,14H2,1H3,(H,22,27). The summed E-state index contributed by atoms with van der Waals surface area (Å²) < 4.78 is 10.6. The Bertz CT molecular complexity index is 954. The molecule has 27 heavy (non-hydrogen) atoms. The van der Waals surface area contributed by atoms with Crippen molar-refractivity contribution in [3.63, 3.8) is 0 Å². The third kappa shape index (κ3) is 5.49. The largest absolute Gasteiger partial charge is 0.497 e. The van der Waals surface area contributed by atoms with Gasteiger partial charge in [-0.15, -0.1) is 12.6 Å². The fourth-order valence-corrected chi connectivity index (χ4v) is 2.71. The van der Waals surface area contributed by atoms with Crippen LogP contribution in [0.15, 0.2) is 71.9 Å². The van der Waals surface area contributed by atoms with Crippen molar-refractivity contribution >= 4 is 34.4 Å². The number of oxime groups is 1. The van der Waals surface area contributed by atoms with Gasteiger partial charge in [-0.25, -0.2) is 4.79 Å². The highest BCUT2D eigenvalue weighted by Gasteiger charge is 2.06. The van der Waals surface area contributed by atoms with Gasteiger partial charge in [0.1, 0.15) is 16.5 Å². The van der Waals surface area contributed by atoms with Gasteiger partial charge in [-0.3, -0.25) is 0 Å². The summed E-state index contributed by atoms with van der Waals surface area (Å²) in [5, 5.41) is 6.28. The number of fused-ring (bicyclic) bond motifs is 1. The van der Waals surface area contributed by atoms with Gasteiger partial charge in [0.2, 0.25) is 0 Å². The molecule has 0 aliphatic carbocycles. The monoisotopic (exact) mass is 381 g/mol. The average molecular weight is 381 g/mol. The van der Waals surface area contributed by atoms with E-state index in [-0.39, 0.29) is 6.61 Å². The highest BCUT2D eigenvalue weighted by atomic mass is 32.1. The van der Waals surface area contributed by atoms with Crippen molar-refractivity contribution in [3.05, 3.63) is 72.3 Å². The van der Waals surface area contributed by atoms with Crippen LogP contribution in [0.5, 0.6) is 11.5 Å². The summed E-state index contributed by atoms with van der Waals surface area (Å²) in [5.74, 6) is 0.775. The van der Waals surface area contributed by atoms with Crippen LogP contribution in [0.2, 0.25) is 0 Å². The van der Waals surface area contributed by atoms with Crippen molar-refractivity contribution in [1.29, 1.82) is 0 Å². The van der Waals surface area contributed by atoms with Gasteiger partial charge in [-0.2, -0.15) is 0 Å². The molecule has 0 aliphatic heterocycles. The summed E-state index contributed by atoms with van der Waals surface area (Å²) in [6, 6.07) is 21.0. The van der Waals surface area contributed by atoms with Crippen LogP contribution in [0.25, 0.3) is 10.8 Å². The molecule has 0 unspecified atom stereocenters. The Balaban J connectivity index is 1.49. The molecule has 0 amide bonds. The van der Waals surface area contributed by atoms with Crippen LogP contribution in [-0.2, 0) is 16.1 Å². The molecule has 0 heterocycles. The van der Waals surface area contributed by atoms with Crippen LogP contribution in [0, 0.1) is 0 Å². The molecule has 0 N–H and O–H groups in total. The molecular weight excluding hydrogens is 362 g/mol. The molecule has 3 rings (SSSR count). The predicted octanol–water partition coefficient (Wildman–Crippen LogP) is 4.26. The van der Waals surface area contributed by atoms with E-state index in [0.717, 1.165) is 22.1 Å². The number of rotatable bonds is 7.